The highest BCUT2D eigenvalue weighted by Crippen LogP contribution is 2.30. The van der Waals surface area contributed by atoms with Gasteiger partial charge in [0.15, 0.2) is 5.16 Å². The SMILES string of the molecule is Cc1ccc(-n2cnnc2SCC(=O)N2CC(=O)Nc3ccccc32)c(C)c1. The summed E-state index contributed by atoms with van der Waals surface area (Å²) in [6, 6.07) is 13.4. The van der Waals surface area contributed by atoms with E-state index in [0.717, 1.165) is 11.3 Å². The zero-order valence-electron chi connectivity index (χ0n) is 15.5. The number of carbonyl (C=O) groups is 2. The molecule has 2 heterocycles. The number of rotatable bonds is 4. The first-order valence-corrected chi connectivity index (χ1v) is 9.81. The van der Waals surface area contributed by atoms with Crippen LogP contribution >= 0.6 is 11.8 Å². The second kappa shape index (κ2) is 7.47. The Morgan fingerprint density at radius 1 is 1.18 bits per heavy atom. The number of para-hydroxylation sites is 2. The van der Waals surface area contributed by atoms with Gasteiger partial charge < -0.3 is 10.2 Å². The van der Waals surface area contributed by atoms with Crippen molar-refractivity contribution in [3.8, 4) is 5.69 Å². The fourth-order valence-corrected chi connectivity index (χ4v) is 4.02. The lowest BCUT2D eigenvalue weighted by molar-refractivity contribution is -0.120. The van der Waals surface area contributed by atoms with E-state index in [1.165, 1.54) is 22.2 Å². The third-order valence-electron chi connectivity index (χ3n) is 4.52. The molecule has 0 unspecified atom stereocenters. The summed E-state index contributed by atoms with van der Waals surface area (Å²) in [6.07, 6.45) is 1.65. The van der Waals surface area contributed by atoms with Gasteiger partial charge in [-0.05, 0) is 37.6 Å². The van der Waals surface area contributed by atoms with E-state index in [1.54, 1.807) is 12.4 Å². The summed E-state index contributed by atoms with van der Waals surface area (Å²) >= 11 is 1.31. The first-order valence-electron chi connectivity index (χ1n) is 8.82. The van der Waals surface area contributed by atoms with Crippen molar-refractivity contribution in [2.45, 2.75) is 19.0 Å². The fraction of sp³-hybridized carbons (Fsp3) is 0.200. The normalized spacial score (nSPS) is 13.2. The number of carbonyl (C=O) groups excluding carboxylic acids is 2. The van der Waals surface area contributed by atoms with Gasteiger partial charge in [0.25, 0.3) is 0 Å². The van der Waals surface area contributed by atoms with Gasteiger partial charge in [-0.15, -0.1) is 10.2 Å². The van der Waals surface area contributed by atoms with Gasteiger partial charge in [-0.3, -0.25) is 14.2 Å². The minimum absolute atomic E-state index is 0.0141. The van der Waals surface area contributed by atoms with Crippen LogP contribution in [0.1, 0.15) is 11.1 Å². The van der Waals surface area contributed by atoms with Gasteiger partial charge in [0.2, 0.25) is 11.8 Å². The van der Waals surface area contributed by atoms with Crippen molar-refractivity contribution in [3.63, 3.8) is 0 Å². The molecule has 8 heteroatoms. The summed E-state index contributed by atoms with van der Waals surface area (Å²) in [5, 5.41) is 11.6. The Bertz CT molecular complexity index is 1060. The number of aromatic nitrogens is 3. The predicted molar refractivity (Wildman–Crippen MR) is 109 cm³/mol. The van der Waals surface area contributed by atoms with E-state index >= 15 is 0 Å². The van der Waals surface area contributed by atoms with E-state index in [1.807, 2.05) is 48.7 Å². The molecule has 3 aromatic rings. The van der Waals surface area contributed by atoms with Crippen LogP contribution in [-0.4, -0.2) is 38.9 Å². The molecule has 4 rings (SSSR count). The smallest absolute Gasteiger partial charge is 0.244 e. The highest BCUT2D eigenvalue weighted by Gasteiger charge is 2.26. The first-order chi connectivity index (χ1) is 13.5. The van der Waals surface area contributed by atoms with E-state index in [0.29, 0.717) is 16.5 Å². The van der Waals surface area contributed by atoms with Crippen molar-refractivity contribution in [1.29, 1.82) is 0 Å². The van der Waals surface area contributed by atoms with Gasteiger partial charge in [-0.1, -0.05) is 41.6 Å². The molecule has 1 aliphatic heterocycles. The van der Waals surface area contributed by atoms with Gasteiger partial charge in [0.05, 0.1) is 22.8 Å². The molecule has 7 nitrogen and oxygen atoms in total. The molecule has 0 bridgehead atoms. The van der Waals surface area contributed by atoms with E-state index in [-0.39, 0.29) is 24.1 Å². The molecular formula is C20H19N5O2S. The number of benzene rings is 2. The zero-order chi connectivity index (χ0) is 19.7. The van der Waals surface area contributed by atoms with Crippen LogP contribution in [0.2, 0.25) is 0 Å². The van der Waals surface area contributed by atoms with Crippen LogP contribution in [0.5, 0.6) is 0 Å². The Morgan fingerprint density at radius 3 is 2.82 bits per heavy atom. The number of hydrogen-bond acceptors (Lipinski definition) is 5. The van der Waals surface area contributed by atoms with Crippen molar-refractivity contribution < 1.29 is 9.59 Å². The minimum Gasteiger partial charge on any atom is -0.323 e. The molecule has 1 aliphatic rings. The Morgan fingerprint density at radius 2 is 2.00 bits per heavy atom. The number of aryl methyl sites for hydroxylation is 2. The average molecular weight is 393 g/mol. The standard InChI is InChI=1S/C20H19N5O2S/c1-13-7-8-16(14(2)9-13)25-12-21-23-20(25)28-11-19(27)24-10-18(26)22-15-5-3-4-6-17(15)24/h3-9,12H,10-11H2,1-2H3,(H,22,26). The van der Waals surface area contributed by atoms with Crippen molar-refractivity contribution in [3.05, 3.63) is 59.9 Å². The molecule has 1 N–H and O–H groups in total. The number of hydrogen-bond donors (Lipinski definition) is 1. The Hall–Kier alpha value is -3.13. The molecule has 0 saturated carbocycles. The summed E-state index contributed by atoms with van der Waals surface area (Å²) in [4.78, 5) is 26.3. The molecule has 0 aliphatic carbocycles. The Kier molecular flexibility index (Phi) is 4.87. The maximum atomic E-state index is 12.8. The molecule has 0 atom stereocenters. The summed E-state index contributed by atoms with van der Waals surface area (Å²) in [7, 11) is 0. The number of nitrogens with one attached hydrogen (secondary N) is 1. The summed E-state index contributed by atoms with van der Waals surface area (Å²) in [5.41, 5.74) is 4.63. The van der Waals surface area contributed by atoms with Crippen LogP contribution in [-0.2, 0) is 9.59 Å². The van der Waals surface area contributed by atoms with E-state index < -0.39 is 0 Å². The molecular weight excluding hydrogens is 374 g/mol. The quantitative estimate of drug-likeness (QED) is 0.690. The zero-order valence-corrected chi connectivity index (χ0v) is 16.4. The van der Waals surface area contributed by atoms with E-state index in [4.69, 9.17) is 0 Å². The van der Waals surface area contributed by atoms with Crippen LogP contribution in [0.4, 0.5) is 11.4 Å². The number of thioether (sulfide) groups is 1. The summed E-state index contributed by atoms with van der Waals surface area (Å²) in [5.74, 6) is -0.191. The van der Waals surface area contributed by atoms with Crippen LogP contribution in [0.3, 0.4) is 0 Å². The van der Waals surface area contributed by atoms with Crippen molar-refractivity contribution in [2.75, 3.05) is 22.5 Å². The lowest BCUT2D eigenvalue weighted by atomic mass is 10.1. The molecule has 142 valence electrons. The number of anilines is 2. The second-order valence-electron chi connectivity index (χ2n) is 6.61. The average Bonchev–Trinajstić information content (AvgIpc) is 3.13. The Labute approximate surface area is 166 Å². The molecule has 0 spiro atoms. The minimum atomic E-state index is -0.199. The van der Waals surface area contributed by atoms with Crippen molar-refractivity contribution in [1.82, 2.24) is 14.8 Å². The summed E-state index contributed by atoms with van der Waals surface area (Å²) in [6.45, 7) is 4.09. The van der Waals surface area contributed by atoms with Crippen LogP contribution < -0.4 is 10.2 Å². The molecule has 0 radical (unpaired) electrons. The molecule has 28 heavy (non-hydrogen) atoms. The van der Waals surface area contributed by atoms with Crippen LogP contribution in [0.15, 0.2) is 53.9 Å². The molecule has 0 saturated heterocycles. The molecule has 2 amide bonds. The Balaban J connectivity index is 1.53. The predicted octanol–water partition coefficient (Wildman–Crippen LogP) is 2.96. The van der Waals surface area contributed by atoms with E-state index in [9.17, 15) is 9.59 Å². The maximum Gasteiger partial charge on any atom is 0.244 e. The largest absolute Gasteiger partial charge is 0.323 e. The number of amides is 2. The third-order valence-corrected chi connectivity index (χ3v) is 5.45. The van der Waals surface area contributed by atoms with E-state index in [2.05, 4.69) is 21.6 Å². The maximum absolute atomic E-state index is 12.8. The van der Waals surface area contributed by atoms with Gasteiger partial charge in [-0.2, -0.15) is 0 Å². The lowest BCUT2D eigenvalue weighted by Crippen LogP contribution is -2.43. The van der Waals surface area contributed by atoms with Gasteiger partial charge >= 0.3 is 0 Å². The highest BCUT2D eigenvalue weighted by atomic mass is 32.2. The fourth-order valence-electron chi connectivity index (χ4n) is 3.22. The molecule has 2 aromatic carbocycles. The third kappa shape index (κ3) is 3.50. The van der Waals surface area contributed by atoms with Gasteiger partial charge in [-0.25, -0.2) is 0 Å². The highest BCUT2D eigenvalue weighted by molar-refractivity contribution is 7.99. The first kappa shape index (κ1) is 18.2. The van der Waals surface area contributed by atoms with Gasteiger partial charge in [0, 0.05) is 0 Å². The second-order valence-corrected chi connectivity index (χ2v) is 7.55. The van der Waals surface area contributed by atoms with Crippen LogP contribution in [0, 0.1) is 13.8 Å². The van der Waals surface area contributed by atoms with Crippen LogP contribution in [0.25, 0.3) is 5.69 Å². The monoisotopic (exact) mass is 393 g/mol. The van der Waals surface area contributed by atoms with Gasteiger partial charge in [0.1, 0.15) is 12.9 Å². The molecule has 0 fully saturated rings. The molecule has 1 aromatic heterocycles. The lowest BCUT2D eigenvalue weighted by Gasteiger charge is -2.29. The van der Waals surface area contributed by atoms with Crippen molar-refractivity contribution >= 4 is 35.0 Å². The van der Waals surface area contributed by atoms with Crippen molar-refractivity contribution in [2.24, 2.45) is 0 Å². The topological polar surface area (TPSA) is 80.1 Å². The summed E-state index contributed by atoms with van der Waals surface area (Å²) < 4.78 is 1.88. The number of fused-ring (bicyclic) bond motifs is 1. The number of nitrogens with zero attached hydrogens (tertiary/aromatic N) is 4.